The zero-order chi connectivity index (χ0) is 4.99. The third-order valence-corrected chi connectivity index (χ3v) is 0.282. The molecule has 0 aromatic carbocycles. The first-order valence-electron chi connectivity index (χ1n) is 1.52. The maximum Gasteiger partial charge on any atom is 0.241 e. The third-order valence-electron chi connectivity index (χ3n) is 0.282. The van der Waals surface area contributed by atoms with Crippen LogP contribution in [0.25, 0.3) is 0 Å². The summed E-state index contributed by atoms with van der Waals surface area (Å²) in [5.74, 6) is -0.454. The van der Waals surface area contributed by atoms with E-state index in [0.717, 1.165) is 0 Å². The van der Waals surface area contributed by atoms with Crippen molar-refractivity contribution in [2.45, 2.75) is 0 Å². The second-order valence-electron chi connectivity index (χ2n) is 0.805. The summed E-state index contributed by atoms with van der Waals surface area (Å²) in [6.07, 6.45) is 2.54. The van der Waals surface area contributed by atoms with Gasteiger partial charge in [-0.25, -0.2) is 0 Å². The number of allylic oxidation sites excluding steroid dienone is 1. The second kappa shape index (κ2) is 2.45. The molecule has 0 spiro atoms. The van der Waals surface area contributed by atoms with E-state index in [9.17, 15) is 4.79 Å². The first-order chi connectivity index (χ1) is 2.77. The van der Waals surface area contributed by atoms with Crippen LogP contribution in [0.15, 0.2) is 12.2 Å². The summed E-state index contributed by atoms with van der Waals surface area (Å²) in [4.78, 5) is 9.69. The van der Waals surface area contributed by atoms with Crippen molar-refractivity contribution < 1.29 is 4.79 Å². The van der Waals surface area contributed by atoms with Crippen molar-refractivity contribution in [3.63, 3.8) is 0 Å². The van der Waals surface area contributed by atoms with Gasteiger partial charge in [0, 0.05) is 0 Å². The molecule has 0 bridgehead atoms. The van der Waals surface area contributed by atoms with Gasteiger partial charge >= 0.3 is 0 Å². The molecule has 0 fully saturated rings. The lowest BCUT2D eigenvalue weighted by Gasteiger charge is -1.69. The predicted molar refractivity (Wildman–Crippen MR) is 23.7 cm³/mol. The maximum atomic E-state index is 9.69. The average molecular weight is 84.1 g/mol. The molecule has 0 saturated carbocycles. The van der Waals surface area contributed by atoms with Gasteiger partial charge in [-0.3, -0.25) is 4.79 Å². The van der Waals surface area contributed by atoms with Crippen LogP contribution in [0.3, 0.4) is 0 Å². The highest BCUT2D eigenvalue weighted by molar-refractivity contribution is 5.85. The number of carbonyl (C=O) groups is 1. The molecule has 0 heterocycles. The lowest BCUT2D eigenvalue weighted by molar-refractivity contribution is -0.113. The summed E-state index contributed by atoms with van der Waals surface area (Å²) in [5.41, 5.74) is 4.64. The molecule has 0 rings (SSSR count). The molecule has 2 nitrogen and oxygen atoms in total. The molecule has 0 atom stereocenters. The monoisotopic (exact) mass is 84.0 g/mol. The van der Waals surface area contributed by atoms with E-state index in [2.05, 4.69) is 12.7 Å². The van der Waals surface area contributed by atoms with Crippen LogP contribution in [-0.4, -0.2) is 5.91 Å². The Kier molecular flexibility index (Phi) is 2.13. The number of carbonyl (C=O) groups excluding carboxylic acids is 1. The molecule has 0 aliphatic carbocycles. The van der Waals surface area contributed by atoms with Crippen LogP contribution in [-0.2, 0) is 4.79 Å². The van der Waals surface area contributed by atoms with Crippen molar-refractivity contribution >= 4 is 5.91 Å². The zero-order valence-corrected chi connectivity index (χ0v) is 3.35. The minimum atomic E-state index is -0.454. The first kappa shape index (κ1) is 5.21. The summed E-state index contributed by atoms with van der Waals surface area (Å²) >= 11 is 0. The molecule has 0 aliphatic heterocycles. The molecule has 0 aromatic heterocycles. The normalized spacial score (nSPS) is 9.50. The van der Waals surface area contributed by atoms with Gasteiger partial charge in [0.25, 0.3) is 0 Å². The summed E-state index contributed by atoms with van der Waals surface area (Å²) in [7, 11) is 0. The minimum Gasteiger partial charge on any atom is -0.366 e. The quantitative estimate of drug-likeness (QED) is 0.441. The van der Waals surface area contributed by atoms with E-state index in [-0.39, 0.29) is 0 Å². The van der Waals surface area contributed by atoms with Crippen molar-refractivity contribution in [1.82, 2.24) is 0 Å². The van der Waals surface area contributed by atoms with E-state index in [1.165, 1.54) is 12.2 Å². The third kappa shape index (κ3) is 3.21. The van der Waals surface area contributed by atoms with Crippen LogP contribution in [0.1, 0.15) is 0 Å². The Hall–Kier alpha value is -0.790. The number of amides is 1. The molecular formula is C4H6NO. The van der Waals surface area contributed by atoms with Crippen LogP contribution < -0.4 is 5.73 Å². The number of primary amides is 1. The first-order valence-corrected chi connectivity index (χ1v) is 1.52. The van der Waals surface area contributed by atoms with Gasteiger partial charge in [0.1, 0.15) is 0 Å². The Bertz CT molecular complexity index is 75.6. The Balaban J connectivity index is 3.30. The van der Waals surface area contributed by atoms with Crippen molar-refractivity contribution in [2.24, 2.45) is 5.73 Å². The fourth-order valence-electron chi connectivity index (χ4n) is 0.116. The lowest BCUT2D eigenvalue weighted by atomic mass is 10.5. The van der Waals surface area contributed by atoms with E-state index in [0.29, 0.717) is 0 Å². The molecule has 6 heavy (non-hydrogen) atoms. The topological polar surface area (TPSA) is 43.1 Å². The van der Waals surface area contributed by atoms with Gasteiger partial charge in [-0.1, -0.05) is 6.08 Å². The Morgan fingerprint density at radius 3 is 2.33 bits per heavy atom. The molecule has 0 aromatic rings. The molecule has 2 N–H and O–H groups in total. The largest absolute Gasteiger partial charge is 0.366 e. The molecule has 0 aliphatic rings. The molecule has 2 heteroatoms. The van der Waals surface area contributed by atoms with Gasteiger partial charge < -0.3 is 5.73 Å². The Labute approximate surface area is 36.6 Å². The fraction of sp³-hybridized carbons (Fsp3) is 0. The highest BCUT2D eigenvalue weighted by Crippen LogP contribution is 1.61. The van der Waals surface area contributed by atoms with Crippen LogP contribution in [0, 0.1) is 6.92 Å². The van der Waals surface area contributed by atoms with E-state index < -0.39 is 5.91 Å². The highest BCUT2D eigenvalue weighted by Gasteiger charge is 1.73. The fourth-order valence-corrected chi connectivity index (χ4v) is 0.116. The minimum absolute atomic E-state index is 0.454. The standard InChI is InChI=1S/C4H6NO/c1-2-3-4(5)6/h2-3H,1H2,(H2,5,6)/b3-2+. The summed E-state index contributed by atoms with van der Waals surface area (Å²) < 4.78 is 0. The van der Waals surface area contributed by atoms with Gasteiger partial charge in [0.2, 0.25) is 5.91 Å². The highest BCUT2D eigenvalue weighted by atomic mass is 16.1. The van der Waals surface area contributed by atoms with Crippen molar-refractivity contribution in [3.05, 3.63) is 19.1 Å². The number of nitrogens with two attached hydrogens (primary N) is 1. The van der Waals surface area contributed by atoms with E-state index in [1.54, 1.807) is 0 Å². The van der Waals surface area contributed by atoms with Crippen LogP contribution in [0.5, 0.6) is 0 Å². The number of rotatable bonds is 1. The van der Waals surface area contributed by atoms with Crippen LogP contribution >= 0.6 is 0 Å². The van der Waals surface area contributed by atoms with Crippen molar-refractivity contribution in [3.8, 4) is 0 Å². The summed E-state index contributed by atoms with van der Waals surface area (Å²) in [6, 6.07) is 0. The van der Waals surface area contributed by atoms with Crippen LogP contribution in [0.2, 0.25) is 0 Å². The van der Waals surface area contributed by atoms with Crippen molar-refractivity contribution in [2.75, 3.05) is 0 Å². The van der Waals surface area contributed by atoms with Gasteiger partial charge in [0.05, 0.1) is 0 Å². The van der Waals surface area contributed by atoms with Gasteiger partial charge in [-0.15, -0.1) is 0 Å². The molecule has 1 radical (unpaired) electrons. The maximum absolute atomic E-state index is 9.69. The molecule has 0 saturated heterocycles. The van der Waals surface area contributed by atoms with Crippen LogP contribution in [0.4, 0.5) is 0 Å². The summed E-state index contributed by atoms with van der Waals surface area (Å²) in [6.45, 7) is 3.24. The van der Waals surface area contributed by atoms with Gasteiger partial charge in [-0.05, 0) is 13.0 Å². The molecule has 1 amide bonds. The van der Waals surface area contributed by atoms with E-state index in [1.807, 2.05) is 0 Å². The van der Waals surface area contributed by atoms with E-state index >= 15 is 0 Å². The zero-order valence-electron chi connectivity index (χ0n) is 3.35. The van der Waals surface area contributed by atoms with E-state index in [4.69, 9.17) is 0 Å². The molecule has 33 valence electrons. The van der Waals surface area contributed by atoms with Gasteiger partial charge in [-0.2, -0.15) is 0 Å². The second-order valence-corrected chi connectivity index (χ2v) is 0.805. The predicted octanol–water partition coefficient (Wildman–Crippen LogP) is -0.138. The number of hydrogen-bond donors (Lipinski definition) is 1. The Morgan fingerprint density at radius 2 is 2.33 bits per heavy atom. The van der Waals surface area contributed by atoms with Gasteiger partial charge in [0.15, 0.2) is 0 Å². The summed E-state index contributed by atoms with van der Waals surface area (Å²) in [5, 5.41) is 0. The smallest absolute Gasteiger partial charge is 0.241 e. The molecule has 0 unspecified atom stereocenters. The molecular weight excluding hydrogens is 78.0 g/mol. The average Bonchev–Trinajstić information content (AvgIpc) is 1.35. The van der Waals surface area contributed by atoms with Crippen molar-refractivity contribution in [1.29, 1.82) is 0 Å². The lowest BCUT2D eigenvalue weighted by Crippen LogP contribution is -2.04. The Morgan fingerprint density at radius 1 is 1.83 bits per heavy atom. The number of hydrogen-bond acceptors (Lipinski definition) is 1. The SMILES string of the molecule is [CH2]/C=C/C(N)=O.